The van der Waals surface area contributed by atoms with E-state index in [4.69, 9.17) is 9.84 Å². The topological polar surface area (TPSA) is 79.7 Å². The molecular weight excluding hydrogens is 248 g/mol. The van der Waals surface area contributed by atoms with Gasteiger partial charge in [0.1, 0.15) is 11.8 Å². The van der Waals surface area contributed by atoms with E-state index in [-0.39, 0.29) is 5.91 Å². The molecule has 1 aromatic heterocycles. The fourth-order valence-electron chi connectivity index (χ4n) is 2.19. The van der Waals surface area contributed by atoms with Gasteiger partial charge in [-0.15, -0.1) is 0 Å². The predicted octanol–water partition coefficient (Wildman–Crippen LogP) is 0.924. The molecule has 19 heavy (non-hydrogen) atoms. The molecular formula is C13H16N2O4. The Morgan fingerprint density at radius 3 is 3.00 bits per heavy atom. The summed E-state index contributed by atoms with van der Waals surface area (Å²) in [5, 5.41) is 9.06. The number of rotatable bonds is 4. The van der Waals surface area contributed by atoms with Crippen LogP contribution in [0.2, 0.25) is 0 Å². The standard InChI is InChI=1S/C13H16N2O4/c1-9(19-10-4-2-6-14-8-10)12(16)15-7-3-5-11(15)13(17)18/h2,4,6,8-9,11H,3,5,7H2,1H3,(H,17,18). The highest BCUT2D eigenvalue weighted by Crippen LogP contribution is 2.20. The van der Waals surface area contributed by atoms with E-state index in [1.54, 1.807) is 25.3 Å². The lowest BCUT2D eigenvalue weighted by Crippen LogP contribution is -2.46. The fraction of sp³-hybridized carbons (Fsp3) is 0.462. The van der Waals surface area contributed by atoms with Gasteiger partial charge in [0.25, 0.3) is 5.91 Å². The molecule has 1 fully saturated rings. The summed E-state index contributed by atoms with van der Waals surface area (Å²) in [5.74, 6) is -0.761. The first-order valence-electron chi connectivity index (χ1n) is 6.19. The van der Waals surface area contributed by atoms with Crippen molar-refractivity contribution in [3.05, 3.63) is 24.5 Å². The highest BCUT2D eigenvalue weighted by atomic mass is 16.5. The molecule has 0 bridgehead atoms. The van der Waals surface area contributed by atoms with Gasteiger partial charge in [0.15, 0.2) is 6.10 Å². The Morgan fingerprint density at radius 1 is 1.58 bits per heavy atom. The molecule has 0 saturated carbocycles. The number of pyridine rings is 1. The SMILES string of the molecule is CC(Oc1cccnc1)C(=O)N1CCCC1C(=O)O. The first-order chi connectivity index (χ1) is 9.09. The van der Waals surface area contributed by atoms with E-state index in [9.17, 15) is 9.59 Å². The normalized spacial score (nSPS) is 20.1. The summed E-state index contributed by atoms with van der Waals surface area (Å²) < 4.78 is 5.47. The van der Waals surface area contributed by atoms with Crippen molar-refractivity contribution in [3.8, 4) is 5.75 Å². The van der Waals surface area contributed by atoms with Crippen LogP contribution in [0.5, 0.6) is 5.75 Å². The number of carbonyl (C=O) groups is 2. The monoisotopic (exact) mass is 264 g/mol. The molecule has 1 aliphatic rings. The summed E-state index contributed by atoms with van der Waals surface area (Å²) in [5.41, 5.74) is 0. The van der Waals surface area contributed by atoms with Crippen LogP contribution in [-0.2, 0) is 9.59 Å². The third kappa shape index (κ3) is 3.01. The molecule has 1 N–H and O–H groups in total. The van der Waals surface area contributed by atoms with E-state index in [0.717, 1.165) is 0 Å². The number of hydrogen-bond acceptors (Lipinski definition) is 4. The Labute approximate surface area is 111 Å². The fourth-order valence-corrected chi connectivity index (χ4v) is 2.19. The Morgan fingerprint density at radius 2 is 2.37 bits per heavy atom. The van der Waals surface area contributed by atoms with Crippen LogP contribution in [0.1, 0.15) is 19.8 Å². The minimum atomic E-state index is -0.959. The van der Waals surface area contributed by atoms with Crippen LogP contribution >= 0.6 is 0 Å². The van der Waals surface area contributed by atoms with Crippen molar-refractivity contribution < 1.29 is 19.4 Å². The molecule has 2 unspecified atom stereocenters. The first-order valence-corrected chi connectivity index (χ1v) is 6.19. The molecule has 1 amide bonds. The number of carbonyl (C=O) groups excluding carboxylic acids is 1. The average molecular weight is 264 g/mol. The molecule has 1 saturated heterocycles. The van der Waals surface area contributed by atoms with E-state index in [0.29, 0.717) is 25.1 Å². The molecule has 2 heterocycles. The van der Waals surface area contributed by atoms with Crippen LogP contribution in [0.3, 0.4) is 0 Å². The lowest BCUT2D eigenvalue weighted by molar-refractivity contribution is -0.150. The number of hydrogen-bond donors (Lipinski definition) is 1. The van der Waals surface area contributed by atoms with Crippen molar-refractivity contribution >= 4 is 11.9 Å². The minimum absolute atomic E-state index is 0.297. The summed E-state index contributed by atoms with van der Waals surface area (Å²) >= 11 is 0. The molecule has 6 heteroatoms. The first kappa shape index (κ1) is 13.3. The molecule has 0 radical (unpaired) electrons. The van der Waals surface area contributed by atoms with Gasteiger partial charge in [-0.3, -0.25) is 9.78 Å². The quantitative estimate of drug-likeness (QED) is 0.874. The predicted molar refractivity (Wildman–Crippen MR) is 66.7 cm³/mol. The molecule has 1 aliphatic heterocycles. The van der Waals surface area contributed by atoms with Crippen LogP contribution in [0, 0.1) is 0 Å². The third-order valence-electron chi connectivity index (χ3n) is 3.12. The maximum absolute atomic E-state index is 12.2. The molecule has 2 rings (SSSR count). The summed E-state index contributed by atoms with van der Waals surface area (Å²) in [4.78, 5) is 28.5. The number of carboxylic acid groups (broad SMARTS) is 1. The van der Waals surface area contributed by atoms with Crippen molar-refractivity contribution in [2.75, 3.05) is 6.54 Å². The zero-order chi connectivity index (χ0) is 13.8. The van der Waals surface area contributed by atoms with Crippen LogP contribution in [0.4, 0.5) is 0 Å². The largest absolute Gasteiger partial charge is 0.480 e. The van der Waals surface area contributed by atoms with Gasteiger partial charge in [0.2, 0.25) is 0 Å². The summed E-state index contributed by atoms with van der Waals surface area (Å²) in [7, 11) is 0. The van der Waals surface area contributed by atoms with E-state index >= 15 is 0 Å². The molecule has 6 nitrogen and oxygen atoms in total. The second-order valence-corrected chi connectivity index (χ2v) is 4.48. The van der Waals surface area contributed by atoms with E-state index in [2.05, 4.69) is 4.98 Å². The Balaban J connectivity index is 2.01. The second-order valence-electron chi connectivity index (χ2n) is 4.48. The summed E-state index contributed by atoms with van der Waals surface area (Å²) in [6.07, 6.45) is 3.62. The summed E-state index contributed by atoms with van der Waals surface area (Å²) in [6, 6.07) is 2.69. The number of carboxylic acids is 1. The van der Waals surface area contributed by atoms with Gasteiger partial charge in [0, 0.05) is 12.7 Å². The molecule has 0 aliphatic carbocycles. The number of ether oxygens (including phenoxy) is 1. The lowest BCUT2D eigenvalue weighted by atomic mass is 10.2. The van der Waals surface area contributed by atoms with Gasteiger partial charge in [-0.25, -0.2) is 4.79 Å². The zero-order valence-electron chi connectivity index (χ0n) is 10.7. The molecule has 0 spiro atoms. The van der Waals surface area contributed by atoms with Crippen LogP contribution in [0.25, 0.3) is 0 Å². The maximum atomic E-state index is 12.2. The van der Waals surface area contributed by atoms with Crippen molar-refractivity contribution in [1.82, 2.24) is 9.88 Å². The van der Waals surface area contributed by atoms with Gasteiger partial charge < -0.3 is 14.7 Å². The minimum Gasteiger partial charge on any atom is -0.480 e. The number of amides is 1. The van der Waals surface area contributed by atoms with Gasteiger partial charge in [-0.2, -0.15) is 0 Å². The van der Waals surface area contributed by atoms with Gasteiger partial charge in [-0.1, -0.05) is 0 Å². The van der Waals surface area contributed by atoms with Crippen molar-refractivity contribution in [3.63, 3.8) is 0 Å². The van der Waals surface area contributed by atoms with Crippen molar-refractivity contribution in [1.29, 1.82) is 0 Å². The molecule has 1 aromatic rings. The Kier molecular flexibility index (Phi) is 3.99. The molecule has 2 atom stereocenters. The maximum Gasteiger partial charge on any atom is 0.326 e. The van der Waals surface area contributed by atoms with Gasteiger partial charge in [-0.05, 0) is 31.9 Å². The number of likely N-dealkylation sites (tertiary alicyclic amines) is 1. The Bertz CT molecular complexity index is 463. The van der Waals surface area contributed by atoms with Crippen LogP contribution in [0.15, 0.2) is 24.5 Å². The zero-order valence-corrected chi connectivity index (χ0v) is 10.7. The van der Waals surface area contributed by atoms with Gasteiger partial charge in [0.05, 0.1) is 6.20 Å². The molecule has 102 valence electrons. The van der Waals surface area contributed by atoms with Crippen molar-refractivity contribution in [2.24, 2.45) is 0 Å². The average Bonchev–Trinajstić information content (AvgIpc) is 2.88. The van der Waals surface area contributed by atoms with E-state index in [1.165, 1.54) is 11.1 Å². The Hall–Kier alpha value is -2.11. The van der Waals surface area contributed by atoms with Gasteiger partial charge >= 0.3 is 5.97 Å². The highest BCUT2D eigenvalue weighted by molar-refractivity contribution is 5.86. The number of aliphatic carboxylic acids is 1. The van der Waals surface area contributed by atoms with E-state index in [1.807, 2.05) is 0 Å². The van der Waals surface area contributed by atoms with Crippen LogP contribution in [-0.4, -0.2) is 45.6 Å². The smallest absolute Gasteiger partial charge is 0.326 e. The number of nitrogens with zero attached hydrogens (tertiary/aromatic N) is 2. The highest BCUT2D eigenvalue weighted by Gasteiger charge is 2.36. The third-order valence-corrected chi connectivity index (χ3v) is 3.12. The van der Waals surface area contributed by atoms with E-state index < -0.39 is 18.1 Å². The number of aromatic nitrogens is 1. The molecule has 0 aromatic carbocycles. The van der Waals surface area contributed by atoms with Crippen LogP contribution < -0.4 is 4.74 Å². The lowest BCUT2D eigenvalue weighted by Gasteiger charge is -2.25. The summed E-state index contributed by atoms with van der Waals surface area (Å²) in [6.45, 7) is 2.09. The van der Waals surface area contributed by atoms with Crippen molar-refractivity contribution in [2.45, 2.75) is 31.9 Å². The second kappa shape index (κ2) is 5.69.